The highest BCUT2D eigenvalue weighted by molar-refractivity contribution is 6.30. The predicted octanol–water partition coefficient (Wildman–Crippen LogP) is 2.41. The van der Waals surface area contributed by atoms with Gasteiger partial charge >= 0.3 is 0 Å². The summed E-state index contributed by atoms with van der Waals surface area (Å²) in [4.78, 5) is 14.1. The van der Waals surface area contributed by atoms with E-state index in [1.807, 2.05) is 17.0 Å². The number of carbonyl (C=O) groups is 1. The number of likely N-dealkylation sites (tertiary alicyclic amines) is 1. The highest BCUT2D eigenvalue weighted by Crippen LogP contribution is 2.25. The summed E-state index contributed by atoms with van der Waals surface area (Å²) in [5.74, 6) is 0.249. The smallest absolute Gasteiger partial charge is 0.236 e. The average Bonchev–Trinajstić information content (AvgIpc) is 2.87. The van der Waals surface area contributed by atoms with Crippen molar-refractivity contribution in [3.8, 4) is 0 Å². The average molecular weight is 293 g/mol. The van der Waals surface area contributed by atoms with Gasteiger partial charge in [-0.25, -0.2) is 0 Å². The molecule has 0 radical (unpaired) electrons. The van der Waals surface area contributed by atoms with Gasteiger partial charge in [0.2, 0.25) is 5.91 Å². The van der Waals surface area contributed by atoms with Crippen LogP contribution in [0.2, 0.25) is 5.02 Å². The zero-order valence-electron chi connectivity index (χ0n) is 11.7. The molecule has 3 rings (SSSR count). The largest absolute Gasteiger partial charge is 0.342 e. The summed E-state index contributed by atoms with van der Waals surface area (Å²) in [6.07, 6.45) is 5.54. The molecule has 3 nitrogen and oxygen atoms in total. The van der Waals surface area contributed by atoms with Crippen LogP contribution in [-0.2, 0) is 17.6 Å². The molecule has 1 amide bonds. The maximum atomic E-state index is 12.1. The Balaban J connectivity index is 1.49. The monoisotopic (exact) mass is 292 g/mol. The highest BCUT2D eigenvalue weighted by atomic mass is 35.5. The van der Waals surface area contributed by atoms with Gasteiger partial charge in [-0.3, -0.25) is 4.79 Å². The minimum atomic E-state index is 0.249. The third-order valence-electron chi connectivity index (χ3n) is 4.35. The second-order valence-electron chi connectivity index (χ2n) is 5.84. The normalized spacial score (nSPS) is 21.9. The molecule has 1 saturated heterocycles. The quantitative estimate of drug-likeness (QED) is 0.928. The van der Waals surface area contributed by atoms with Crippen molar-refractivity contribution in [3.63, 3.8) is 0 Å². The van der Waals surface area contributed by atoms with Crippen molar-refractivity contribution in [2.75, 3.05) is 19.6 Å². The fourth-order valence-electron chi connectivity index (χ4n) is 3.22. The molecule has 1 unspecified atom stereocenters. The Morgan fingerprint density at radius 3 is 2.75 bits per heavy atom. The maximum absolute atomic E-state index is 12.1. The van der Waals surface area contributed by atoms with E-state index in [9.17, 15) is 4.79 Å². The summed E-state index contributed by atoms with van der Waals surface area (Å²) in [5.41, 5.74) is 2.68. The Hall–Kier alpha value is -1.06. The van der Waals surface area contributed by atoms with E-state index in [2.05, 4.69) is 11.4 Å². The van der Waals surface area contributed by atoms with E-state index in [4.69, 9.17) is 11.6 Å². The van der Waals surface area contributed by atoms with E-state index in [0.717, 1.165) is 43.8 Å². The van der Waals surface area contributed by atoms with Gasteiger partial charge in [0.1, 0.15) is 0 Å². The maximum Gasteiger partial charge on any atom is 0.236 e. The summed E-state index contributed by atoms with van der Waals surface area (Å²) < 4.78 is 0. The van der Waals surface area contributed by atoms with Crippen LogP contribution in [0.4, 0.5) is 0 Å². The van der Waals surface area contributed by atoms with Crippen LogP contribution in [0.15, 0.2) is 18.2 Å². The molecule has 0 saturated carbocycles. The molecule has 1 heterocycles. The van der Waals surface area contributed by atoms with Crippen LogP contribution < -0.4 is 5.32 Å². The van der Waals surface area contributed by atoms with Crippen LogP contribution in [0, 0.1) is 0 Å². The molecule has 1 aliphatic heterocycles. The number of hydrogen-bond acceptors (Lipinski definition) is 2. The highest BCUT2D eigenvalue weighted by Gasteiger charge is 2.23. The lowest BCUT2D eigenvalue weighted by molar-refractivity contribution is -0.131. The molecule has 4 heteroatoms. The number of piperidine rings is 1. The first-order valence-corrected chi connectivity index (χ1v) is 7.88. The van der Waals surface area contributed by atoms with E-state index in [1.54, 1.807) is 0 Å². The van der Waals surface area contributed by atoms with Gasteiger partial charge in [-0.1, -0.05) is 17.7 Å². The molecule has 20 heavy (non-hydrogen) atoms. The van der Waals surface area contributed by atoms with Crippen LogP contribution in [0.5, 0.6) is 0 Å². The first-order valence-electron chi connectivity index (χ1n) is 7.51. The predicted molar refractivity (Wildman–Crippen MR) is 81.1 cm³/mol. The minimum absolute atomic E-state index is 0.249. The molecule has 1 N–H and O–H groups in total. The molecule has 0 spiro atoms. The molecule has 108 valence electrons. The fourth-order valence-corrected chi connectivity index (χ4v) is 3.41. The zero-order chi connectivity index (χ0) is 13.9. The van der Waals surface area contributed by atoms with Crippen LogP contribution in [0.1, 0.15) is 30.4 Å². The molecule has 1 aliphatic carbocycles. The summed E-state index contributed by atoms with van der Waals surface area (Å²) in [5, 5.41) is 4.21. The van der Waals surface area contributed by atoms with E-state index in [0.29, 0.717) is 12.6 Å². The Morgan fingerprint density at radius 1 is 1.20 bits per heavy atom. The number of carbonyl (C=O) groups excluding carboxylic acids is 1. The molecule has 1 aromatic carbocycles. The van der Waals surface area contributed by atoms with E-state index in [-0.39, 0.29) is 5.91 Å². The molecule has 2 aliphatic rings. The second-order valence-corrected chi connectivity index (χ2v) is 6.28. The zero-order valence-corrected chi connectivity index (χ0v) is 12.5. The molecule has 1 atom stereocenters. The molecular weight excluding hydrogens is 272 g/mol. The summed E-state index contributed by atoms with van der Waals surface area (Å²) in [6.45, 7) is 2.33. The summed E-state index contributed by atoms with van der Waals surface area (Å²) in [7, 11) is 0. The summed E-state index contributed by atoms with van der Waals surface area (Å²) >= 11 is 6.02. The van der Waals surface area contributed by atoms with Gasteiger partial charge in [-0.15, -0.1) is 0 Å². The van der Waals surface area contributed by atoms with Crippen LogP contribution in [-0.4, -0.2) is 36.5 Å². The summed E-state index contributed by atoms with van der Waals surface area (Å²) in [6, 6.07) is 6.47. The van der Waals surface area contributed by atoms with Gasteiger partial charge in [0.05, 0.1) is 6.54 Å². The van der Waals surface area contributed by atoms with Crippen LogP contribution in [0.25, 0.3) is 0 Å². The second kappa shape index (κ2) is 6.15. The van der Waals surface area contributed by atoms with Gasteiger partial charge in [0.25, 0.3) is 0 Å². The van der Waals surface area contributed by atoms with Crippen molar-refractivity contribution in [2.24, 2.45) is 0 Å². The minimum Gasteiger partial charge on any atom is -0.342 e. The lowest BCUT2D eigenvalue weighted by Crippen LogP contribution is -2.44. The van der Waals surface area contributed by atoms with Crippen LogP contribution in [0.3, 0.4) is 0 Å². The van der Waals surface area contributed by atoms with Crippen molar-refractivity contribution in [2.45, 2.75) is 38.1 Å². The number of fused-ring (bicyclic) bond motifs is 1. The van der Waals surface area contributed by atoms with Crippen molar-refractivity contribution in [1.29, 1.82) is 0 Å². The van der Waals surface area contributed by atoms with E-state index >= 15 is 0 Å². The SMILES string of the molecule is O=C(CNC1Cc2ccc(Cl)cc2C1)N1CCCCC1. The van der Waals surface area contributed by atoms with E-state index < -0.39 is 0 Å². The Morgan fingerprint density at radius 2 is 1.95 bits per heavy atom. The Bertz CT molecular complexity index is 497. The lowest BCUT2D eigenvalue weighted by atomic mass is 10.1. The first-order chi connectivity index (χ1) is 9.72. The fraction of sp³-hybridized carbons (Fsp3) is 0.562. The van der Waals surface area contributed by atoms with Crippen molar-refractivity contribution in [3.05, 3.63) is 34.3 Å². The Kier molecular flexibility index (Phi) is 4.27. The Labute approximate surface area is 125 Å². The van der Waals surface area contributed by atoms with Crippen molar-refractivity contribution < 1.29 is 4.79 Å². The first kappa shape index (κ1) is 13.9. The number of benzene rings is 1. The topological polar surface area (TPSA) is 32.3 Å². The van der Waals surface area contributed by atoms with Gasteiger partial charge in [-0.2, -0.15) is 0 Å². The molecular formula is C16H21ClN2O. The standard InChI is InChI=1S/C16H21ClN2O/c17-14-5-4-12-9-15(10-13(12)8-14)18-11-16(20)19-6-2-1-3-7-19/h4-5,8,15,18H,1-3,6-7,9-11H2. The molecule has 1 fully saturated rings. The lowest BCUT2D eigenvalue weighted by Gasteiger charge is -2.27. The third-order valence-corrected chi connectivity index (χ3v) is 4.59. The number of nitrogens with zero attached hydrogens (tertiary/aromatic N) is 1. The number of nitrogens with one attached hydrogen (secondary N) is 1. The van der Waals surface area contributed by atoms with E-state index in [1.165, 1.54) is 17.5 Å². The van der Waals surface area contributed by atoms with Gasteiger partial charge in [0.15, 0.2) is 0 Å². The molecule has 0 bridgehead atoms. The third kappa shape index (κ3) is 3.15. The number of halogens is 1. The number of rotatable bonds is 3. The van der Waals surface area contributed by atoms with Gasteiger partial charge < -0.3 is 10.2 Å². The van der Waals surface area contributed by atoms with Crippen molar-refractivity contribution in [1.82, 2.24) is 10.2 Å². The van der Waals surface area contributed by atoms with Crippen molar-refractivity contribution >= 4 is 17.5 Å². The van der Waals surface area contributed by atoms with Gasteiger partial charge in [-0.05, 0) is 55.4 Å². The number of amides is 1. The number of hydrogen-bond donors (Lipinski definition) is 1. The van der Waals surface area contributed by atoms with Gasteiger partial charge in [0, 0.05) is 24.2 Å². The van der Waals surface area contributed by atoms with Crippen LogP contribution >= 0.6 is 11.6 Å². The molecule has 0 aromatic heterocycles. The molecule has 1 aromatic rings.